The van der Waals surface area contributed by atoms with Crippen LogP contribution in [0.2, 0.25) is 0 Å². The first kappa shape index (κ1) is 33.7. The zero-order valence-corrected chi connectivity index (χ0v) is 23.6. The quantitative estimate of drug-likeness (QED) is 0.0682. The van der Waals surface area contributed by atoms with Crippen LogP contribution in [0.3, 0.4) is 0 Å². The molecule has 0 N–H and O–H groups in total. The van der Waals surface area contributed by atoms with Gasteiger partial charge in [0, 0.05) is 12.8 Å². The first-order chi connectivity index (χ1) is 17.1. The van der Waals surface area contributed by atoms with Gasteiger partial charge in [0.2, 0.25) is 0 Å². The molecule has 0 saturated heterocycles. The standard InChI is InChI=1S/C31H58O4/c1-4-6-8-10-12-13-14-15-16-17-18-19-21-22-24-26-30(32)34-28-29(3)35-31(33)27-25-23-20-11-9-7-5-2/h15-16,29H,4-14,17-28H2,1-3H3/b16-15-. The Morgan fingerprint density at radius 1 is 0.571 bits per heavy atom. The summed E-state index contributed by atoms with van der Waals surface area (Å²) in [5, 5.41) is 0. The van der Waals surface area contributed by atoms with Gasteiger partial charge >= 0.3 is 11.9 Å². The lowest BCUT2D eigenvalue weighted by Gasteiger charge is -2.13. The molecule has 0 aliphatic carbocycles. The number of carbonyl (C=O) groups is 2. The molecule has 4 nitrogen and oxygen atoms in total. The second-order valence-electron chi connectivity index (χ2n) is 10.2. The van der Waals surface area contributed by atoms with Gasteiger partial charge in [-0.25, -0.2) is 0 Å². The van der Waals surface area contributed by atoms with Crippen LogP contribution in [0.1, 0.15) is 162 Å². The van der Waals surface area contributed by atoms with Crippen molar-refractivity contribution in [3.63, 3.8) is 0 Å². The fourth-order valence-electron chi connectivity index (χ4n) is 4.17. The minimum Gasteiger partial charge on any atom is -0.462 e. The van der Waals surface area contributed by atoms with Gasteiger partial charge in [0.25, 0.3) is 0 Å². The molecule has 0 radical (unpaired) electrons. The van der Waals surface area contributed by atoms with E-state index in [1.165, 1.54) is 103 Å². The molecule has 0 spiro atoms. The fraction of sp³-hybridized carbons (Fsp3) is 0.871. The van der Waals surface area contributed by atoms with Gasteiger partial charge in [0.05, 0.1) is 0 Å². The van der Waals surface area contributed by atoms with Crippen molar-refractivity contribution >= 4 is 11.9 Å². The first-order valence-corrected chi connectivity index (χ1v) is 15.1. The molecule has 0 bridgehead atoms. The van der Waals surface area contributed by atoms with Crippen LogP contribution in [0.15, 0.2) is 12.2 Å². The predicted molar refractivity (Wildman–Crippen MR) is 149 cm³/mol. The second-order valence-corrected chi connectivity index (χ2v) is 10.2. The van der Waals surface area contributed by atoms with Crippen molar-refractivity contribution in [3.8, 4) is 0 Å². The number of ether oxygens (including phenoxy) is 2. The van der Waals surface area contributed by atoms with Gasteiger partial charge in [-0.15, -0.1) is 0 Å². The topological polar surface area (TPSA) is 52.6 Å². The average molecular weight is 495 g/mol. The Bertz CT molecular complexity index is 500. The van der Waals surface area contributed by atoms with Crippen LogP contribution >= 0.6 is 0 Å². The summed E-state index contributed by atoms with van der Waals surface area (Å²) in [6, 6.07) is 0. The van der Waals surface area contributed by atoms with E-state index >= 15 is 0 Å². The molecule has 1 atom stereocenters. The van der Waals surface area contributed by atoms with Crippen LogP contribution in [0.5, 0.6) is 0 Å². The Kier molecular flexibility index (Phi) is 26.2. The van der Waals surface area contributed by atoms with E-state index in [4.69, 9.17) is 9.47 Å². The summed E-state index contributed by atoms with van der Waals surface area (Å²) in [4.78, 5) is 23.8. The third-order valence-electron chi connectivity index (χ3n) is 6.44. The molecule has 0 heterocycles. The maximum absolute atomic E-state index is 11.9. The number of rotatable bonds is 26. The van der Waals surface area contributed by atoms with Crippen molar-refractivity contribution < 1.29 is 19.1 Å². The molecule has 0 aliphatic rings. The Hall–Kier alpha value is -1.32. The number of hydrogen-bond acceptors (Lipinski definition) is 4. The van der Waals surface area contributed by atoms with Crippen molar-refractivity contribution in [3.05, 3.63) is 12.2 Å². The van der Waals surface area contributed by atoms with E-state index < -0.39 is 0 Å². The SMILES string of the molecule is CCCCCCCC/C=C\CCCCCCCC(=O)OCC(C)OC(=O)CCCCCCCCC. The average Bonchev–Trinajstić information content (AvgIpc) is 2.84. The molecule has 0 amide bonds. The summed E-state index contributed by atoms with van der Waals surface area (Å²) in [7, 11) is 0. The molecule has 4 heteroatoms. The van der Waals surface area contributed by atoms with Crippen LogP contribution in [0.4, 0.5) is 0 Å². The van der Waals surface area contributed by atoms with E-state index in [2.05, 4.69) is 26.0 Å². The minimum absolute atomic E-state index is 0.159. The third kappa shape index (κ3) is 27.1. The van der Waals surface area contributed by atoms with Gasteiger partial charge < -0.3 is 9.47 Å². The number of carbonyl (C=O) groups excluding carboxylic acids is 2. The Labute approximate surface area is 218 Å². The third-order valence-corrected chi connectivity index (χ3v) is 6.44. The van der Waals surface area contributed by atoms with E-state index in [0.29, 0.717) is 12.8 Å². The van der Waals surface area contributed by atoms with Gasteiger partial charge in [-0.1, -0.05) is 116 Å². The van der Waals surface area contributed by atoms with Crippen LogP contribution in [0.25, 0.3) is 0 Å². The van der Waals surface area contributed by atoms with Crippen molar-refractivity contribution in [1.82, 2.24) is 0 Å². The molecule has 0 aromatic heterocycles. The molecule has 0 saturated carbocycles. The summed E-state index contributed by atoms with van der Waals surface area (Å²) in [5.74, 6) is -0.364. The monoisotopic (exact) mass is 494 g/mol. The van der Waals surface area contributed by atoms with Gasteiger partial charge in [0.15, 0.2) is 0 Å². The summed E-state index contributed by atoms with van der Waals surface area (Å²) < 4.78 is 10.6. The maximum atomic E-state index is 11.9. The minimum atomic E-state index is -0.370. The molecule has 0 fully saturated rings. The van der Waals surface area contributed by atoms with Crippen LogP contribution in [-0.4, -0.2) is 24.6 Å². The fourth-order valence-corrected chi connectivity index (χ4v) is 4.17. The zero-order chi connectivity index (χ0) is 25.8. The van der Waals surface area contributed by atoms with Crippen molar-refractivity contribution in [2.45, 2.75) is 168 Å². The maximum Gasteiger partial charge on any atom is 0.306 e. The second kappa shape index (κ2) is 27.3. The number of esters is 2. The summed E-state index contributed by atoms with van der Waals surface area (Å²) >= 11 is 0. The van der Waals surface area contributed by atoms with E-state index in [1.807, 2.05) is 0 Å². The molecule has 0 aromatic carbocycles. The highest BCUT2D eigenvalue weighted by Crippen LogP contribution is 2.11. The van der Waals surface area contributed by atoms with E-state index in [0.717, 1.165) is 25.7 Å². The first-order valence-electron chi connectivity index (χ1n) is 15.1. The van der Waals surface area contributed by atoms with Gasteiger partial charge in [-0.05, 0) is 45.4 Å². The smallest absolute Gasteiger partial charge is 0.306 e. The number of allylic oxidation sites excluding steroid dienone is 2. The zero-order valence-electron chi connectivity index (χ0n) is 23.6. The number of unbranched alkanes of at least 4 members (excludes halogenated alkanes) is 17. The van der Waals surface area contributed by atoms with Gasteiger partial charge in [-0.2, -0.15) is 0 Å². The van der Waals surface area contributed by atoms with Crippen LogP contribution in [0, 0.1) is 0 Å². The highest BCUT2D eigenvalue weighted by molar-refractivity contribution is 5.70. The van der Waals surface area contributed by atoms with E-state index in [9.17, 15) is 9.59 Å². The lowest BCUT2D eigenvalue weighted by atomic mass is 10.1. The molecule has 35 heavy (non-hydrogen) atoms. The molecular weight excluding hydrogens is 436 g/mol. The van der Waals surface area contributed by atoms with Gasteiger partial charge in [-0.3, -0.25) is 9.59 Å². The van der Waals surface area contributed by atoms with Crippen molar-refractivity contribution in [2.75, 3.05) is 6.61 Å². The summed E-state index contributed by atoms with van der Waals surface area (Å²) in [5.41, 5.74) is 0. The van der Waals surface area contributed by atoms with Crippen molar-refractivity contribution in [1.29, 1.82) is 0 Å². The largest absolute Gasteiger partial charge is 0.462 e. The molecular formula is C31H58O4. The lowest BCUT2D eigenvalue weighted by Crippen LogP contribution is -2.22. The van der Waals surface area contributed by atoms with Crippen LogP contribution < -0.4 is 0 Å². The Balaban J connectivity index is 3.45. The Morgan fingerprint density at radius 3 is 1.46 bits per heavy atom. The molecule has 0 aliphatic heterocycles. The van der Waals surface area contributed by atoms with Gasteiger partial charge in [0.1, 0.15) is 12.7 Å². The lowest BCUT2D eigenvalue weighted by molar-refractivity contribution is -0.158. The van der Waals surface area contributed by atoms with E-state index in [-0.39, 0.29) is 24.6 Å². The molecule has 0 rings (SSSR count). The molecule has 206 valence electrons. The number of hydrogen-bond donors (Lipinski definition) is 0. The van der Waals surface area contributed by atoms with E-state index in [1.54, 1.807) is 6.92 Å². The highest BCUT2D eigenvalue weighted by Gasteiger charge is 2.12. The van der Waals surface area contributed by atoms with Crippen LogP contribution in [-0.2, 0) is 19.1 Å². The Morgan fingerprint density at radius 2 is 0.971 bits per heavy atom. The normalized spacial score (nSPS) is 12.2. The van der Waals surface area contributed by atoms with Crippen molar-refractivity contribution in [2.24, 2.45) is 0 Å². The molecule has 0 aromatic rings. The molecule has 1 unspecified atom stereocenters. The highest BCUT2D eigenvalue weighted by atomic mass is 16.6. The predicted octanol–water partition coefficient (Wildman–Crippen LogP) is 9.64. The summed E-state index contributed by atoms with van der Waals surface area (Å²) in [6.45, 7) is 6.43. The summed E-state index contributed by atoms with van der Waals surface area (Å²) in [6.07, 6.45) is 29.7.